The Morgan fingerprint density at radius 3 is 1.82 bits per heavy atom. The molecule has 14 heteroatoms. The lowest BCUT2D eigenvalue weighted by Gasteiger charge is -2.14. The molecule has 0 radical (unpaired) electrons. The summed E-state index contributed by atoms with van der Waals surface area (Å²) in [5, 5.41) is 7.17. The van der Waals surface area contributed by atoms with Gasteiger partial charge in [-0.05, 0) is 74.5 Å². The number of nitrogens with one attached hydrogen (secondary N) is 3. The molecule has 3 N–H and O–H groups in total. The van der Waals surface area contributed by atoms with Crippen LogP contribution in [-0.2, 0) is 20.0 Å². The third-order valence-corrected chi connectivity index (χ3v) is 8.69. The third kappa shape index (κ3) is 5.65. The summed E-state index contributed by atoms with van der Waals surface area (Å²) in [4.78, 5) is 8.95. The van der Waals surface area contributed by atoms with E-state index < -0.39 is 20.0 Å². The van der Waals surface area contributed by atoms with Crippen molar-refractivity contribution in [2.24, 2.45) is 0 Å². The van der Waals surface area contributed by atoms with Crippen molar-refractivity contribution in [3.8, 4) is 0 Å². The van der Waals surface area contributed by atoms with Crippen LogP contribution in [0.15, 0.2) is 87.1 Å². The molecule has 0 unspecified atom stereocenters. The number of aromatic nitrogens is 3. The monoisotopic (exact) mass is 584 g/mol. The Morgan fingerprint density at radius 2 is 1.26 bits per heavy atom. The highest BCUT2D eigenvalue weighted by Crippen LogP contribution is 2.28. The SMILES string of the molecule is Cc1noc(NS(=O)(=O)c2ccc(Nc3nc4ccccc4nc3NS(=O)(=O)c3ccc(Cl)cc3)cc2)c1C. The normalized spacial score (nSPS) is 11.9. The molecule has 0 saturated heterocycles. The van der Waals surface area contributed by atoms with Gasteiger partial charge in [0, 0.05) is 16.3 Å². The molecule has 0 fully saturated rings. The largest absolute Gasteiger partial charge is 0.337 e. The maximum atomic E-state index is 13.0. The van der Waals surface area contributed by atoms with Crippen LogP contribution in [0.5, 0.6) is 0 Å². The van der Waals surface area contributed by atoms with Crippen molar-refractivity contribution in [1.29, 1.82) is 0 Å². The predicted octanol–water partition coefficient (Wildman–Crippen LogP) is 5.23. The minimum absolute atomic E-state index is 0.00736. The number of halogens is 1. The number of fused-ring (bicyclic) bond motifs is 1. The van der Waals surface area contributed by atoms with Crippen molar-refractivity contribution in [1.82, 2.24) is 15.1 Å². The first-order chi connectivity index (χ1) is 18.5. The van der Waals surface area contributed by atoms with Crippen LogP contribution < -0.4 is 14.8 Å². The molecule has 5 rings (SSSR count). The van der Waals surface area contributed by atoms with E-state index in [4.69, 9.17) is 16.1 Å². The van der Waals surface area contributed by atoms with Gasteiger partial charge in [0.1, 0.15) is 0 Å². The highest BCUT2D eigenvalue weighted by Gasteiger charge is 2.21. The number of para-hydroxylation sites is 2. The van der Waals surface area contributed by atoms with E-state index in [1.165, 1.54) is 48.5 Å². The number of sulfonamides is 2. The fraction of sp³-hybridized carbons (Fsp3) is 0.0800. The zero-order valence-corrected chi connectivity index (χ0v) is 22.9. The molecule has 0 atom stereocenters. The van der Waals surface area contributed by atoms with E-state index in [2.05, 4.69) is 29.9 Å². The topological polar surface area (TPSA) is 156 Å². The molecule has 0 saturated carbocycles. The van der Waals surface area contributed by atoms with Crippen molar-refractivity contribution in [3.63, 3.8) is 0 Å². The van der Waals surface area contributed by atoms with E-state index >= 15 is 0 Å². The Balaban J connectivity index is 1.45. The quantitative estimate of drug-likeness (QED) is 0.222. The van der Waals surface area contributed by atoms with Gasteiger partial charge < -0.3 is 9.84 Å². The summed E-state index contributed by atoms with van der Waals surface area (Å²) in [6, 6.07) is 18.5. The van der Waals surface area contributed by atoms with E-state index in [1.807, 2.05) is 0 Å². The molecule has 3 aromatic carbocycles. The lowest BCUT2D eigenvalue weighted by Crippen LogP contribution is -2.16. The summed E-state index contributed by atoms with van der Waals surface area (Å²) in [5.41, 5.74) is 2.60. The molecule has 0 bridgehead atoms. The summed E-state index contributed by atoms with van der Waals surface area (Å²) in [6.45, 7) is 3.40. The standard InChI is InChI=1S/C25H21ClN6O5S2/c1-15-16(2)30-37-25(15)32-39(35,36)20-13-9-18(10-14-20)27-23-24(29-22-6-4-3-5-21(22)28-23)31-38(33,34)19-11-7-17(26)8-12-19/h3-14,32H,1-2H3,(H,27,28)(H,29,31). The second-order valence-corrected chi connectivity index (χ2v) is 12.2. The number of hydrogen-bond acceptors (Lipinski definition) is 9. The van der Waals surface area contributed by atoms with Crippen LogP contribution in [-0.4, -0.2) is 32.0 Å². The van der Waals surface area contributed by atoms with Crippen LogP contribution in [0.25, 0.3) is 11.0 Å². The predicted molar refractivity (Wildman–Crippen MR) is 148 cm³/mol. The number of hydrogen-bond donors (Lipinski definition) is 3. The molecule has 200 valence electrons. The van der Waals surface area contributed by atoms with Crippen molar-refractivity contribution in [2.75, 3.05) is 14.8 Å². The molecule has 0 spiro atoms. The number of nitrogens with zero attached hydrogens (tertiary/aromatic N) is 3. The van der Waals surface area contributed by atoms with Crippen molar-refractivity contribution in [2.45, 2.75) is 23.6 Å². The van der Waals surface area contributed by atoms with Gasteiger partial charge in [-0.1, -0.05) is 28.9 Å². The fourth-order valence-electron chi connectivity index (χ4n) is 3.50. The van der Waals surface area contributed by atoms with Gasteiger partial charge in [-0.25, -0.2) is 31.5 Å². The first-order valence-corrected chi connectivity index (χ1v) is 14.7. The molecule has 5 aromatic rings. The molecule has 0 amide bonds. The lowest BCUT2D eigenvalue weighted by molar-refractivity contribution is 0.430. The second kappa shape index (κ2) is 10.2. The zero-order valence-electron chi connectivity index (χ0n) is 20.5. The maximum absolute atomic E-state index is 13.0. The van der Waals surface area contributed by atoms with Crippen molar-refractivity contribution < 1.29 is 21.4 Å². The Morgan fingerprint density at radius 1 is 0.718 bits per heavy atom. The van der Waals surface area contributed by atoms with Gasteiger partial charge in [-0.3, -0.25) is 4.72 Å². The Labute approximate surface area is 229 Å². The van der Waals surface area contributed by atoms with Crippen LogP contribution >= 0.6 is 11.6 Å². The molecular weight excluding hydrogens is 564 g/mol. The maximum Gasteiger partial charge on any atom is 0.264 e. The molecule has 0 aliphatic rings. The van der Waals surface area contributed by atoms with E-state index in [1.54, 1.807) is 38.1 Å². The van der Waals surface area contributed by atoms with Gasteiger partial charge >= 0.3 is 0 Å². The average molecular weight is 585 g/mol. The Hall–Kier alpha value is -4.20. The molecule has 0 aliphatic heterocycles. The van der Waals surface area contributed by atoms with Gasteiger partial charge in [0.2, 0.25) is 5.88 Å². The van der Waals surface area contributed by atoms with E-state index in [0.717, 1.165) is 0 Å². The van der Waals surface area contributed by atoms with Gasteiger partial charge in [-0.2, -0.15) is 0 Å². The third-order valence-electron chi connectivity index (χ3n) is 5.74. The Kier molecular flexibility index (Phi) is 6.89. The van der Waals surface area contributed by atoms with Gasteiger partial charge in [0.15, 0.2) is 11.6 Å². The first kappa shape index (κ1) is 26.4. The van der Waals surface area contributed by atoms with Crippen LogP contribution in [0.4, 0.5) is 23.2 Å². The summed E-state index contributed by atoms with van der Waals surface area (Å²) >= 11 is 5.89. The fourth-order valence-corrected chi connectivity index (χ4v) is 5.69. The van der Waals surface area contributed by atoms with Crippen molar-refractivity contribution >= 4 is 65.9 Å². The van der Waals surface area contributed by atoms with Gasteiger partial charge in [-0.15, -0.1) is 0 Å². The molecule has 11 nitrogen and oxygen atoms in total. The molecular formula is C25H21ClN6O5S2. The number of rotatable bonds is 8. The average Bonchev–Trinajstić information content (AvgIpc) is 3.21. The van der Waals surface area contributed by atoms with Crippen LogP contribution in [0, 0.1) is 13.8 Å². The zero-order chi connectivity index (χ0) is 27.8. The minimum Gasteiger partial charge on any atom is -0.337 e. The molecule has 2 heterocycles. The summed E-state index contributed by atoms with van der Waals surface area (Å²) < 4.78 is 61.6. The summed E-state index contributed by atoms with van der Waals surface area (Å²) in [7, 11) is -7.97. The minimum atomic E-state index is -4.02. The Bertz CT molecular complexity index is 1890. The van der Waals surface area contributed by atoms with Crippen LogP contribution in [0.1, 0.15) is 11.3 Å². The van der Waals surface area contributed by atoms with E-state index in [-0.39, 0.29) is 27.3 Å². The van der Waals surface area contributed by atoms with Gasteiger partial charge in [0.05, 0.1) is 26.5 Å². The highest BCUT2D eigenvalue weighted by atomic mass is 35.5. The van der Waals surface area contributed by atoms with Crippen molar-refractivity contribution in [3.05, 3.63) is 89.1 Å². The summed E-state index contributed by atoms with van der Waals surface area (Å²) in [5.74, 6) is 0.115. The number of aryl methyl sites for hydroxylation is 1. The molecule has 39 heavy (non-hydrogen) atoms. The number of anilines is 4. The smallest absolute Gasteiger partial charge is 0.264 e. The second-order valence-electron chi connectivity index (χ2n) is 8.45. The molecule has 0 aliphatic carbocycles. The van der Waals surface area contributed by atoms with E-state index in [0.29, 0.717) is 33.0 Å². The number of benzene rings is 3. The van der Waals surface area contributed by atoms with Gasteiger partial charge in [0.25, 0.3) is 20.0 Å². The van der Waals surface area contributed by atoms with E-state index in [9.17, 15) is 16.8 Å². The highest BCUT2D eigenvalue weighted by molar-refractivity contribution is 7.93. The first-order valence-electron chi connectivity index (χ1n) is 11.4. The molecule has 2 aromatic heterocycles. The summed E-state index contributed by atoms with van der Waals surface area (Å²) in [6.07, 6.45) is 0. The lowest BCUT2D eigenvalue weighted by atomic mass is 10.3. The van der Waals surface area contributed by atoms with Crippen LogP contribution in [0.2, 0.25) is 5.02 Å². The van der Waals surface area contributed by atoms with Crippen LogP contribution in [0.3, 0.4) is 0 Å².